The molecule has 1 aliphatic heterocycles. The van der Waals surface area contributed by atoms with Gasteiger partial charge in [-0.2, -0.15) is 0 Å². The first kappa shape index (κ1) is 16.9. The molecular formula is C18H25N3O3. The van der Waals surface area contributed by atoms with Gasteiger partial charge in [-0.1, -0.05) is 12.1 Å². The number of methoxy groups -OCH3 is 2. The van der Waals surface area contributed by atoms with Gasteiger partial charge < -0.3 is 19.4 Å². The first-order valence-corrected chi connectivity index (χ1v) is 8.37. The number of amides is 1. The molecule has 1 saturated heterocycles. The van der Waals surface area contributed by atoms with E-state index in [1.807, 2.05) is 30.0 Å². The van der Waals surface area contributed by atoms with Crippen molar-refractivity contribution < 1.29 is 14.3 Å². The maximum Gasteiger partial charge on any atom is 0.223 e. The van der Waals surface area contributed by atoms with Gasteiger partial charge in [-0.25, -0.2) is 4.98 Å². The van der Waals surface area contributed by atoms with Crippen LogP contribution < -0.4 is 0 Å². The fourth-order valence-electron chi connectivity index (χ4n) is 3.41. The van der Waals surface area contributed by atoms with Crippen LogP contribution in [0.1, 0.15) is 24.2 Å². The number of aromatic nitrogens is 2. The maximum absolute atomic E-state index is 12.6. The predicted octanol–water partition coefficient (Wildman–Crippen LogP) is 2.07. The van der Waals surface area contributed by atoms with Gasteiger partial charge >= 0.3 is 0 Å². The third-order valence-corrected chi connectivity index (χ3v) is 4.73. The molecule has 6 heteroatoms. The van der Waals surface area contributed by atoms with E-state index in [0.717, 1.165) is 28.8 Å². The zero-order chi connectivity index (χ0) is 17.1. The number of rotatable bonds is 6. The molecule has 1 aromatic carbocycles. The van der Waals surface area contributed by atoms with Crippen molar-refractivity contribution in [3.8, 4) is 0 Å². The van der Waals surface area contributed by atoms with Gasteiger partial charge in [0.05, 0.1) is 29.8 Å². The highest BCUT2D eigenvalue weighted by Gasteiger charge is 2.34. The molecule has 3 rings (SSSR count). The fraction of sp³-hybridized carbons (Fsp3) is 0.556. The Hall–Kier alpha value is -1.92. The van der Waals surface area contributed by atoms with Gasteiger partial charge in [0.2, 0.25) is 5.91 Å². The molecule has 0 aliphatic carbocycles. The summed E-state index contributed by atoms with van der Waals surface area (Å²) in [7, 11) is 3.36. The molecule has 2 aromatic rings. The van der Waals surface area contributed by atoms with E-state index < -0.39 is 0 Å². The minimum Gasteiger partial charge on any atom is -0.383 e. The number of ether oxygens (including phenoxy) is 2. The zero-order valence-electron chi connectivity index (χ0n) is 14.5. The molecule has 2 heterocycles. The average molecular weight is 331 g/mol. The first-order chi connectivity index (χ1) is 11.6. The van der Waals surface area contributed by atoms with E-state index in [1.165, 1.54) is 0 Å². The van der Waals surface area contributed by atoms with Crippen molar-refractivity contribution in [1.82, 2.24) is 14.9 Å². The number of nitrogens with one attached hydrogen (secondary N) is 1. The molecule has 1 N–H and O–H groups in total. The second-order valence-corrected chi connectivity index (χ2v) is 6.40. The number of H-pyrrole nitrogens is 1. The van der Waals surface area contributed by atoms with Crippen LogP contribution in [0.4, 0.5) is 0 Å². The highest BCUT2D eigenvalue weighted by Crippen LogP contribution is 2.22. The minimum absolute atomic E-state index is 0.1000. The molecule has 0 bridgehead atoms. The van der Waals surface area contributed by atoms with E-state index in [9.17, 15) is 4.79 Å². The van der Waals surface area contributed by atoms with Gasteiger partial charge in [-0.3, -0.25) is 4.79 Å². The van der Waals surface area contributed by atoms with E-state index in [2.05, 4.69) is 9.97 Å². The van der Waals surface area contributed by atoms with E-state index in [4.69, 9.17) is 9.47 Å². The largest absolute Gasteiger partial charge is 0.383 e. The Labute approximate surface area is 142 Å². The predicted molar refractivity (Wildman–Crippen MR) is 91.9 cm³/mol. The molecule has 0 radical (unpaired) electrons. The van der Waals surface area contributed by atoms with Gasteiger partial charge in [0.25, 0.3) is 0 Å². The summed E-state index contributed by atoms with van der Waals surface area (Å²) in [5, 5.41) is 0. The van der Waals surface area contributed by atoms with Crippen molar-refractivity contribution in [2.45, 2.75) is 38.3 Å². The van der Waals surface area contributed by atoms with Crippen LogP contribution in [0.25, 0.3) is 11.0 Å². The van der Waals surface area contributed by atoms with Gasteiger partial charge in [0.15, 0.2) is 0 Å². The molecule has 2 atom stereocenters. The number of hydrogen-bond acceptors (Lipinski definition) is 4. The van der Waals surface area contributed by atoms with Crippen LogP contribution >= 0.6 is 0 Å². The van der Waals surface area contributed by atoms with Crippen molar-refractivity contribution >= 4 is 16.9 Å². The quantitative estimate of drug-likeness (QED) is 0.880. The molecule has 24 heavy (non-hydrogen) atoms. The molecule has 1 fully saturated rings. The van der Waals surface area contributed by atoms with Gasteiger partial charge in [-0.05, 0) is 25.0 Å². The lowest BCUT2D eigenvalue weighted by molar-refractivity contribution is -0.133. The molecule has 0 saturated carbocycles. The maximum atomic E-state index is 12.6. The van der Waals surface area contributed by atoms with Crippen molar-refractivity contribution in [1.29, 1.82) is 0 Å². The molecular weight excluding hydrogens is 306 g/mol. The molecule has 0 unspecified atom stereocenters. The number of nitrogens with zero attached hydrogens (tertiary/aromatic N) is 2. The monoisotopic (exact) mass is 331 g/mol. The lowest BCUT2D eigenvalue weighted by Crippen LogP contribution is -2.38. The molecule has 1 aliphatic rings. The Morgan fingerprint density at radius 3 is 2.96 bits per heavy atom. The Kier molecular flexibility index (Phi) is 5.16. The summed E-state index contributed by atoms with van der Waals surface area (Å²) in [6, 6.07) is 6.17. The highest BCUT2D eigenvalue weighted by atomic mass is 16.5. The summed E-state index contributed by atoms with van der Waals surface area (Å²) in [5.74, 6) is 0.993. The zero-order valence-corrected chi connectivity index (χ0v) is 14.5. The summed E-state index contributed by atoms with van der Waals surface area (Å²) in [6.07, 6.45) is 1.99. The number of carbonyl (C=O) groups is 1. The van der Waals surface area contributed by atoms with Crippen molar-refractivity contribution in [2.75, 3.05) is 27.4 Å². The second-order valence-electron chi connectivity index (χ2n) is 6.40. The highest BCUT2D eigenvalue weighted by molar-refractivity contribution is 5.79. The molecule has 130 valence electrons. The van der Waals surface area contributed by atoms with Crippen LogP contribution in [0, 0.1) is 6.92 Å². The SMILES string of the molecule is COC[C@@H]1C[C@H](OC)CN1C(=O)CCc1nc2c(C)cccc2[nH]1. The normalized spacial score (nSPS) is 20.9. The Balaban J connectivity index is 1.64. The fourth-order valence-corrected chi connectivity index (χ4v) is 3.41. The lowest BCUT2D eigenvalue weighted by Gasteiger charge is -2.23. The summed E-state index contributed by atoms with van der Waals surface area (Å²) >= 11 is 0. The number of aryl methyl sites for hydroxylation is 2. The van der Waals surface area contributed by atoms with Crippen LogP contribution in [0.15, 0.2) is 18.2 Å². The van der Waals surface area contributed by atoms with Crippen LogP contribution in [0.2, 0.25) is 0 Å². The third-order valence-electron chi connectivity index (χ3n) is 4.73. The van der Waals surface area contributed by atoms with E-state index in [1.54, 1.807) is 14.2 Å². The number of likely N-dealkylation sites (tertiary alicyclic amines) is 1. The number of aromatic amines is 1. The summed E-state index contributed by atoms with van der Waals surface area (Å²) in [6.45, 7) is 3.24. The molecule has 6 nitrogen and oxygen atoms in total. The number of hydrogen-bond donors (Lipinski definition) is 1. The smallest absolute Gasteiger partial charge is 0.223 e. The van der Waals surface area contributed by atoms with Crippen LogP contribution in [0.5, 0.6) is 0 Å². The molecule has 1 aromatic heterocycles. The standard InChI is InChI=1S/C18H25N3O3/c1-12-5-4-6-15-18(12)20-16(19-15)7-8-17(22)21-10-14(24-3)9-13(21)11-23-2/h4-6,13-14H,7-11H2,1-3H3,(H,19,20)/t13-,14-/m0/s1. The number of fused-ring (bicyclic) bond motifs is 1. The van der Waals surface area contributed by atoms with Crippen molar-refractivity contribution in [3.63, 3.8) is 0 Å². The third kappa shape index (κ3) is 3.44. The summed E-state index contributed by atoms with van der Waals surface area (Å²) < 4.78 is 10.7. The van der Waals surface area contributed by atoms with Gasteiger partial charge in [0.1, 0.15) is 5.82 Å². The second kappa shape index (κ2) is 7.32. The molecule has 0 spiro atoms. The van der Waals surface area contributed by atoms with Crippen molar-refractivity contribution in [2.24, 2.45) is 0 Å². The lowest BCUT2D eigenvalue weighted by atomic mass is 10.2. The Bertz CT molecular complexity index is 713. The number of benzene rings is 1. The van der Waals surface area contributed by atoms with Crippen LogP contribution in [0.3, 0.4) is 0 Å². The van der Waals surface area contributed by atoms with E-state index in [-0.39, 0.29) is 18.1 Å². The summed E-state index contributed by atoms with van der Waals surface area (Å²) in [4.78, 5) is 22.4. The number of imidazole rings is 1. The van der Waals surface area contributed by atoms with E-state index >= 15 is 0 Å². The first-order valence-electron chi connectivity index (χ1n) is 8.37. The Morgan fingerprint density at radius 1 is 1.42 bits per heavy atom. The molecule has 1 amide bonds. The average Bonchev–Trinajstić information content (AvgIpc) is 3.17. The van der Waals surface area contributed by atoms with Crippen LogP contribution in [-0.2, 0) is 20.7 Å². The number of carbonyl (C=O) groups excluding carboxylic acids is 1. The minimum atomic E-state index is 0.1000. The number of para-hydroxylation sites is 1. The van der Waals surface area contributed by atoms with Crippen LogP contribution in [-0.4, -0.2) is 60.3 Å². The van der Waals surface area contributed by atoms with Gasteiger partial charge in [0, 0.05) is 33.6 Å². The topological polar surface area (TPSA) is 67.5 Å². The van der Waals surface area contributed by atoms with Gasteiger partial charge in [-0.15, -0.1) is 0 Å². The Morgan fingerprint density at radius 2 is 2.25 bits per heavy atom. The van der Waals surface area contributed by atoms with Crippen molar-refractivity contribution in [3.05, 3.63) is 29.6 Å². The van der Waals surface area contributed by atoms with E-state index in [0.29, 0.717) is 26.0 Å². The summed E-state index contributed by atoms with van der Waals surface area (Å²) in [5.41, 5.74) is 3.15.